The number of benzene rings is 2. The first-order valence-corrected chi connectivity index (χ1v) is 6.26. The lowest BCUT2D eigenvalue weighted by atomic mass is 10.1. The molecule has 102 valence electrons. The summed E-state index contributed by atoms with van der Waals surface area (Å²) in [4.78, 5) is 4.16. The largest absolute Gasteiger partial charge is 0.507 e. The zero-order valence-electron chi connectivity index (χ0n) is 10.8. The second-order valence-electron chi connectivity index (χ2n) is 4.42. The minimum absolute atomic E-state index is 0.00931. The van der Waals surface area contributed by atoms with Crippen molar-refractivity contribution in [2.45, 2.75) is 13.5 Å². The van der Waals surface area contributed by atoms with Crippen molar-refractivity contribution < 1.29 is 13.9 Å². The van der Waals surface area contributed by atoms with E-state index >= 15 is 0 Å². The predicted molar refractivity (Wildman–Crippen MR) is 72.4 cm³/mol. The number of aromatic nitrogens is 2. The summed E-state index contributed by atoms with van der Waals surface area (Å²) in [6.07, 6.45) is 0. The number of fused-ring (bicyclic) bond motifs is 1. The summed E-state index contributed by atoms with van der Waals surface area (Å²) >= 11 is 0. The van der Waals surface area contributed by atoms with Crippen molar-refractivity contribution in [3.63, 3.8) is 0 Å². The minimum Gasteiger partial charge on any atom is -0.507 e. The van der Waals surface area contributed by atoms with Gasteiger partial charge in [0, 0.05) is 6.54 Å². The zero-order valence-corrected chi connectivity index (χ0v) is 10.8. The van der Waals surface area contributed by atoms with Crippen LogP contribution in [0.2, 0.25) is 0 Å². The van der Waals surface area contributed by atoms with Crippen LogP contribution in [0, 0.1) is 11.6 Å². The van der Waals surface area contributed by atoms with Crippen LogP contribution in [0.15, 0.2) is 36.4 Å². The quantitative estimate of drug-likeness (QED) is 0.773. The Morgan fingerprint density at radius 1 is 1.10 bits per heavy atom. The number of imidazole rings is 1. The van der Waals surface area contributed by atoms with Gasteiger partial charge in [0.25, 0.3) is 0 Å². The number of hydrogen-bond donors (Lipinski definition) is 1. The molecule has 0 aliphatic heterocycles. The molecular weight excluding hydrogens is 262 g/mol. The van der Waals surface area contributed by atoms with Gasteiger partial charge in [-0.2, -0.15) is 0 Å². The van der Waals surface area contributed by atoms with Crippen LogP contribution in [0.3, 0.4) is 0 Å². The molecule has 0 aliphatic rings. The van der Waals surface area contributed by atoms with Gasteiger partial charge in [-0.1, -0.05) is 12.1 Å². The lowest BCUT2D eigenvalue weighted by molar-refractivity contribution is 0.471. The van der Waals surface area contributed by atoms with Crippen LogP contribution >= 0.6 is 0 Å². The number of phenols is 1. The Kier molecular flexibility index (Phi) is 2.89. The second kappa shape index (κ2) is 4.59. The molecule has 2 aromatic carbocycles. The number of hydrogen-bond acceptors (Lipinski definition) is 2. The fourth-order valence-electron chi connectivity index (χ4n) is 2.36. The monoisotopic (exact) mass is 274 g/mol. The molecule has 0 bridgehead atoms. The molecule has 3 nitrogen and oxygen atoms in total. The Morgan fingerprint density at radius 3 is 2.50 bits per heavy atom. The van der Waals surface area contributed by atoms with Gasteiger partial charge in [-0.15, -0.1) is 0 Å². The third-order valence-electron chi connectivity index (χ3n) is 3.26. The first kappa shape index (κ1) is 12.6. The lowest BCUT2D eigenvalue weighted by Gasteiger charge is -2.08. The highest BCUT2D eigenvalue weighted by molar-refractivity contribution is 5.82. The van der Waals surface area contributed by atoms with E-state index in [1.165, 1.54) is 24.3 Å². The number of phenolic OH excluding ortho intramolecular Hbond substituents is 1. The molecule has 5 heteroatoms. The van der Waals surface area contributed by atoms with Gasteiger partial charge in [0.2, 0.25) is 0 Å². The highest BCUT2D eigenvalue weighted by Crippen LogP contribution is 2.33. The van der Waals surface area contributed by atoms with E-state index in [2.05, 4.69) is 4.98 Å². The fourth-order valence-corrected chi connectivity index (χ4v) is 2.36. The lowest BCUT2D eigenvalue weighted by Crippen LogP contribution is -1.99. The van der Waals surface area contributed by atoms with E-state index in [1.807, 2.05) is 6.92 Å². The van der Waals surface area contributed by atoms with Gasteiger partial charge in [0.1, 0.15) is 22.9 Å². The molecule has 0 atom stereocenters. The number of halogens is 2. The van der Waals surface area contributed by atoms with E-state index in [0.29, 0.717) is 12.1 Å². The van der Waals surface area contributed by atoms with Crippen LogP contribution in [0.25, 0.3) is 22.4 Å². The summed E-state index contributed by atoms with van der Waals surface area (Å²) in [5, 5.41) is 9.87. The fraction of sp³-hybridized carbons (Fsp3) is 0.133. The van der Waals surface area contributed by atoms with Gasteiger partial charge in [0.15, 0.2) is 5.82 Å². The predicted octanol–water partition coefficient (Wildman–Crippen LogP) is 3.71. The van der Waals surface area contributed by atoms with E-state index in [4.69, 9.17) is 0 Å². The molecule has 20 heavy (non-hydrogen) atoms. The third-order valence-corrected chi connectivity index (χ3v) is 3.26. The van der Waals surface area contributed by atoms with Gasteiger partial charge in [-0.05, 0) is 31.2 Å². The van der Waals surface area contributed by atoms with E-state index in [0.717, 1.165) is 0 Å². The number of aryl methyl sites for hydroxylation is 1. The van der Waals surface area contributed by atoms with Crippen LogP contribution < -0.4 is 0 Å². The highest BCUT2D eigenvalue weighted by atomic mass is 19.1. The molecule has 3 aromatic rings. The van der Waals surface area contributed by atoms with Crippen LogP contribution in [0.4, 0.5) is 8.78 Å². The third kappa shape index (κ3) is 1.74. The molecule has 0 spiro atoms. The van der Waals surface area contributed by atoms with Crippen molar-refractivity contribution in [2.75, 3.05) is 0 Å². The first-order valence-electron chi connectivity index (χ1n) is 6.26. The molecule has 0 amide bonds. The Hall–Kier alpha value is -2.43. The standard InChI is InChI=1S/C15H12F2N2O/c1-2-19-11-7-3-6-10(17)14(11)18-15(19)13-9(16)5-4-8-12(13)20/h3-8,20H,2H2,1H3. The van der Waals surface area contributed by atoms with Gasteiger partial charge in [0.05, 0.1) is 11.1 Å². The molecular formula is C15H12F2N2O. The average molecular weight is 274 g/mol. The summed E-state index contributed by atoms with van der Waals surface area (Å²) in [7, 11) is 0. The molecule has 1 heterocycles. The van der Waals surface area contributed by atoms with Crippen LogP contribution in [0.1, 0.15) is 6.92 Å². The Morgan fingerprint density at radius 2 is 1.80 bits per heavy atom. The Bertz CT molecular complexity index is 776. The summed E-state index contributed by atoms with van der Waals surface area (Å²) < 4.78 is 29.5. The van der Waals surface area contributed by atoms with Gasteiger partial charge >= 0.3 is 0 Å². The van der Waals surface area contributed by atoms with Crippen molar-refractivity contribution in [3.8, 4) is 17.1 Å². The maximum absolute atomic E-state index is 14.0. The highest BCUT2D eigenvalue weighted by Gasteiger charge is 2.19. The maximum atomic E-state index is 14.0. The van der Waals surface area contributed by atoms with Crippen molar-refractivity contribution in [1.29, 1.82) is 0 Å². The molecule has 0 saturated carbocycles. The summed E-state index contributed by atoms with van der Waals surface area (Å²) in [5.74, 6) is -1.04. The zero-order chi connectivity index (χ0) is 14.3. The van der Waals surface area contributed by atoms with E-state index < -0.39 is 11.6 Å². The average Bonchev–Trinajstić information content (AvgIpc) is 2.78. The topological polar surface area (TPSA) is 38.0 Å². The number of rotatable bonds is 2. The summed E-state index contributed by atoms with van der Waals surface area (Å²) in [6.45, 7) is 2.34. The normalized spacial score (nSPS) is 11.2. The van der Waals surface area contributed by atoms with E-state index in [-0.39, 0.29) is 22.7 Å². The van der Waals surface area contributed by atoms with Crippen molar-refractivity contribution in [2.24, 2.45) is 0 Å². The molecule has 1 N–H and O–H groups in total. The van der Waals surface area contributed by atoms with Crippen LogP contribution in [-0.4, -0.2) is 14.7 Å². The van der Waals surface area contributed by atoms with Crippen LogP contribution in [0.5, 0.6) is 5.75 Å². The maximum Gasteiger partial charge on any atom is 0.151 e. The van der Waals surface area contributed by atoms with Crippen LogP contribution in [-0.2, 0) is 6.54 Å². The SMILES string of the molecule is CCn1c(-c2c(O)cccc2F)nc2c(F)cccc21. The number of nitrogens with zero attached hydrogens (tertiary/aromatic N) is 2. The van der Waals surface area contributed by atoms with Gasteiger partial charge in [-0.25, -0.2) is 13.8 Å². The molecule has 1 aromatic heterocycles. The second-order valence-corrected chi connectivity index (χ2v) is 4.42. The minimum atomic E-state index is -0.588. The molecule has 0 unspecified atom stereocenters. The Balaban J connectivity index is 2.40. The van der Waals surface area contributed by atoms with Gasteiger partial charge < -0.3 is 9.67 Å². The molecule has 0 saturated heterocycles. The van der Waals surface area contributed by atoms with Gasteiger partial charge in [-0.3, -0.25) is 0 Å². The molecule has 3 rings (SSSR count). The molecule has 0 radical (unpaired) electrons. The molecule has 0 aliphatic carbocycles. The van der Waals surface area contributed by atoms with Crippen molar-refractivity contribution >= 4 is 11.0 Å². The number of para-hydroxylation sites is 1. The van der Waals surface area contributed by atoms with E-state index in [9.17, 15) is 13.9 Å². The number of aromatic hydroxyl groups is 1. The summed E-state index contributed by atoms with van der Waals surface area (Å²) in [5.41, 5.74) is 0.738. The van der Waals surface area contributed by atoms with Crippen molar-refractivity contribution in [3.05, 3.63) is 48.0 Å². The first-order chi connectivity index (χ1) is 9.63. The molecule has 0 fully saturated rings. The summed E-state index contributed by atoms with van der Waals surface area (Å²) in [6, 6.07) is 8.64. The Labute approximate surface area is 114 Å². The van der Waals surface area contributed by atoms with Crippen molar-refractivity contribution in [1.82, 2.24) is 9.55 Å². The smallest absolute Gasteiger partial charge is 0.151 e. The van der Waals surface area contributed by atoms with E-state index in [1.54, 1.807) is 16.7 Å².